The first-order chi connectivity index (χ1) is 19.4. The third-order valence-corrected chi connectivity index (χ3v) is 8.14. The largest absolute Gasteiger partial charge is 0.494 e. The van der Waals surface area contributed by atoms with E-state index in [4.69, 9.17) is 9.72 Å². The van der Waals surface area contributed by atoms with E-state index >= 15 is 0 Å². The second-order valence-electron chi connectivity index (χ2n) is 10.8. The lowest BCUT2D eigenvalue weighted by atomic mass is 9.98. The minimum absolute atomic E-state index is 0.0644. The molecule has 1 aliphatic carbocycles. The number of piperazine rings is 1. The van der Waals surface area contributed by atoms with Crippen LogP contribution in [0, 0.1) is 0 Å². The minimum atomic E-state index is -0.0644. The highest BCUT2D eigenvalue weighted by Crippen LogP contribution is 2.32. The number of benzene rings is 2. The fourth-order valence-electron chi connectivity index (χ4n) is 5.72. The van der Waals surface area contributed by atoms with Crippen LogP contribution in [0.25, 0.3) is 39.4 Å². The van der Waals surface area contributed by atoms with Gasteiger partial charge in [0.15, 0.2) is 0 Å². The second kappa shape index (κ2) is 10.7. The lowest BCUT2D eigenvalue weighted by molar-refractivity contribution is -0.139. The van der Waals surface area contributed by atoms with Crippen molar-refractivity contribution in [2.75, 3.05) is 33.3 Å². The van der Waals surface area contributed by atoms with E-state index in [0.717, 1.165) is 76.2 Å². The van der Waals surface area contributed by atoms with Gasteiger partial charge in [-0.1, -0.05) is 24.3 Å². The quantitative estimate of drug-likeness (QED) is 0.320. The maximum Gasteiger partial charge on any atom is 0.254 e. The number of carbonyl (C=O) groups excluding carboxylic acids is 1. The molecule has 204 valence electrons. The molecule has 4 aromatic rings. The molecule has 40 heavy (non-hydrogen) atoms. The lowest BCUT2D eigenvalue weighted by Crippen LogP contribution is -2.54. The van der Waals surface area contributed by atoms with E-state index in [-0.39, 0.29) is 17.5 Å². The summed E-state index contributed by atoms with van der Waals surface area (Å²) >= 11 is 0. The molecule has 0 spiro atoms. The Bertz CT molecular complexity index is 1670. The number of carbonyl (C=O) groups is 1. The number of hydrogen-bond donors (Lipinski definition) is 0. The van der Waals surface area contributed by atoms with Crippen LogP contribution in [0.1, 0.15) is 24.5 Å². The fourth-order valence-corrected chi connectivity index (χ4v) is 5.72. The highest BCUT2D eigenvalue weighted by atomic mass is 16.5. The number of likely N-dealkylation sites (N-methyl/N-ethyl adjacent to an activating group) is 1. The van der Waals surface area contributed by atoms with Gasteiger partial charge in [0, 0.05) is 62.0 Å². The van der Waals surface area contributed by atoms with Gasteiger partial charge < -0.3 is 14.2 Å². The van der Waals surface area contributed by atoms with Crippen molar-refractivity contribution in [2.45, 2.75) is 25.8 Å². The van der Waals surface area contributed by atoms with E-state index in [9.17, 15) is 9.59 Å². The molecule has 2 aromatic carbocycles. The minimum Gasteiger partial charge on any atom is -0.494 e. The first-order valence-corrected chi connectivity index (χ1v) is 13.9. The number of rotatable bonds is 7. The van der Waals surface area contributed by atoms with Gasteiger partial charge in [-0.2, -0.15) is 0 Å². The Morgan fingerprint density at radius 3 is 2.60 bits per heavy atom. The van der Waals surface area contributed by atoms with E-state index in [1.54, 1.807) is 9.47 Å². The summed E-state index contributed by atoms with van der Waals surface area (Å²) in [5.41, 5.74) is 6.98. The number of allylic oxidation sites excluding steroid dienone is 1. The molecular formula is C33H34N4O3. The van der Waals surface area contributed by atoms with E-state index in [0.29, 0.717) is 13.0 Å². The van der Waals surface area contributed by atoms with Gasteiger partial charge in [0.25, 0.3) is 5.56 Å². The van der Waals surface area contributed by atoms with Crippen LogP contribution in [0.15, 0.2) is 71.7 Å². The molecule has 0 bridgehead atoms. The third kappa shape index (κ3) is 4.93. The number of fused-ring (bicyclic) bond motifs is 2. The van der Waals surface area contributed by atoms with Crippen molar-refractivity contribution in [3.05, 3.63) is 88.4 Å². The van der Waals surface area contributed by atoms with E-state index in [1.807, 2.05) is 57.5 Å². The molecular weight excluding hydrogens is 500 g/mol. The molecule has 1 atom stereocenters. The summed E-state index contributed by atoms with van der Waals surface area (Å²) in [6.45, 7) is 5.13. The molecule has 0 saturated carbocycles. The molecule has 7 nitrogen and oxygen atoms in total. The zero-order valence-electron chi connectivity index (χ0n) is 23.3. The van der Waals surface area contributed by atoms with Crippen molar-refractivity contribution in [1.29, 1.82) is 0 Å². The van der Waals surface area contributed by atoms with Gasteiger partial charge in [0.2, 0.25) is 5.91 Å². The molecule has 0 radical (unpaired) electrons. The number of nitrogens with zero attached hydrogens (tertiary/aromatic N) is 4. The highest BCUT2D eigenvalue weighted by Gasteiger charge is 2.28. The second-order valence-corrected chi connectivity index (χ2v) is 10.8. The van der Waals surface area contributed by atoms with Crippen molar-refractivity contribution >= 4 is 22.9 Å². The Morgan fingerprint density at radius 2 is 1.77 bits per heavy atom. The van der Waals surface area contributed by atoms with Crippen LogP contribution in [0.2, 0.25) is 0 Å². The summed E-state index contributed by atoms with van der Waals surface area (Å²) < 4.78 is 7.65. The Labute approximate surface area is 234 Å². The SMILES string of the molecule is C[C@@H]1C(=O)N(C)CCN1CCCOc1ccc(-c2ccc3cc(-c4cn(C)c(=O)c5c4C=CC5)ccc3n2)cc1. The van der Waals surface area contributed by atoms with Crippen LogP contribution in [0.4, 0.5) is 0 Å². The highest BCUT2D eigenvalue weighted by molar-refractivity contribution is 5.89. The molecule has 2 aliphatic rings. The topological polar surface area (TPSA) is 67.7 Å². The maximum atomic E-state index is 12.5. The number of aryl methyl sites for hydroxylation is 1. The predicted octanol–water partition coefficient (Wildman–Crippen LogP) is 4.77. The maximum absolute atomic E-state index is 12.5. The summed E-state index contributed by atoms with van der Waals surface area (Å²) in [5.74, 6) is 1.02. The van der Waals surface area contributed by atoms with Crippen LogP contribution in [0.3, 0.4) is 0 Å². The zero-order valence-corrected chi connectivity index (χ0v) is 23.3. The van der Waals surface area contributed by atoms with Gasteiger partial charge in [0.05, 0.1) is 23.9 Å². The van der Waals surface area contributed by atoms with Crippen LogP contribution in [-0.2, 0) is 18.3 Å². The summed E-state index contributed by atoms with van der Waals surface area (Å²) in [6.07, 6.45) is 7.60. The number of pyridine rings is 2. The number of ether oxygens (including phenoxy) is 1. The Balaban J connectivity index is 1.11. The molecule has 0 unspecified atom stereocenters. The monoisotopic (exact) mass is 534 g/mol. The predicted molar refractivity (Wildman–Crippen MR) is 159 cm³/mol. The van der Waals surface area contributed by atoms with Gasteiger partial charge >= 0.3 is 0 Å². The Morgan fingerprint density at radius 1 is 0.975 bits per heavy atom. The number of aromatic nitrogens is 2. The van der Waals surface area contributed by atoms with Crippen LogP contribution >= 0.6 is 0 Å². The fraction of sp³-hybridized carbons (Fsp3) is 0.303. The van der Waals surface area contributed by atoms with Gasteiger partial charge in [-0.15, -0.1) is 0 Å². The molecule has 2 aromatic heterocycles. The molecule has 0 N–H and O–H groups in total. The van der Waals surface area contributed by atoms with E-state index < -0.39 is 0 Å². The van der Waals surface area contributed by atoms with E-state index in [2.05, 4.69) is 41.3 Å². The standard InChI is InChI=1S/C33H34N4O3/c1-22-32(38)35(2)17-18-37(22)16-5-19-40-26-12-8-23(9-13-26)30-15-11-25-20-24(10-14-31(25)34-30)29-21-36(3)33(39)28-7-4-6-27(28)29/h4,6,8-15,20-22H,5,7,16-19H2,1-3H3/t22-/m1/s1. The first kappa shape index (κ1) is 26.0. The van der Waals surface area contributed by atoms with Crippen LogP contribution in [-0.4, -0.2) is 64.6 Å². The van der Waals surface area contributed by atoms with Gasteiger partial charge in [-0.25, -0.2) is 4.98 Å². The molecule has 1 amide bonds. The molecule has 7 heteroatoms. The van der Waals surface area contributed by atoms with E-state index in [1.165, 1.54) is 0 Å². The number of amides is 1. The zero-order chi connectivity index (χ0) is 27.8. The number of hydrogen-bond acceptors (Lipinski definition) is 5. The molecule has 3 heterocycles. The molecule has 1 fully saturated rings. The van der Waals surface area contributed by atoms with Gasteiger partial charge in [0.1, 0.15) is 5.75 Å². The smallest absolute Gasteiger partial charge is 0.254 e. The van der Waals surface area contributed by atoms with Gasteiger partial charge in [-0.3, -0.25) is 14.5 Å². The normalized spacial score (nSPS) is 17.0. The van der Waals surface area contributed by atoms with Crippen LogP contribution in [0.5, 0.6) is 5.75 Å². The third-order valence-electron chi connectivity index (χ3n) is 8.14. The Kier molecular flexibility index (Phi) is 6.98. The first-order valence-electron chi connectivity index (χ1n) is 13.9. The molecule has 1 aliphatic heterocycles. The molecule has 6 rings (SSSR count). The average molecular weight is 535 g/mol. The summed E-state index contributed by atoms with van der Waals surface area (Å²) in [5, 5.41) is 1.06. The van der Waals surface area contributed by atoms with Crippen molar-refractivity contribution in [3.63, 3.8) is 0 Å². The lowest BCUT2D eigenvalue weighted by Gasteiger charge is -2.37. The molecule has 1 saturated heterocycles. The summed E-state index contributed by atoms with van der Waals surface area (Å²) in [4.78, 5) is 33.6. The van der Waals surface area contributed by atoms with Crippen molar-refractivity contribution in [3.8, 4) is 28.1 Å². The van der Waals surface area contributed by atoms with Crippen LogP contribution < -0.4 is 10.3 Å². The summed E-state index contributed by atoms with van der Waals surface area (Å²) in [6, 6.07) is 18.4. The van der Waals surface area contributed by atoms with Crippen molar-refractivity contribution < 1.29 is 9.53 Å². The van der Waals surface area contributed by atoms with Crippen molar-refractivity contribution in [1.82, 2.24) is 19.4 Å². The van der Waals surface area contributed by atoms with Gasteiger partial charge in [-0.05, 0) is 73.4 Å². The summed E-state index contributed by atoms with van der Waals surface area (Å²) in [7, 11) is 3.68. The Hall–Kier alpha value is -4.23. The van der Waals surface area contributed by atoms with Crippen molar-refractivity contribution in [2.24, 2.45) is 7.05 Å². The average Bonchev–Trinajstić information content (AvgIpc) is 3.47.